The minimum Gasteiger partial charge on any atom is -0.497 e. The number of methoxy groups -OCH3 is 1. The van der Waals surface area contributed by atoms with Crippen molar-refractivity contribution in [1.82, 2.24) is 10.2 Å². The molecule has 0 saturated heterocycles. The molecule has 1 saturated carbocycles. The van der Waals surface area contributed by atoms with Crippen molar-refractivity contribution in [2.75, 3.05) is 47.6 Å². The summed E-state index contributed by atoms with van der Waals surface area (Å²) in [5, 5.41) is 27.3. The van der Waals surface area contributed by atoms with Gasteiger partial charge < -0.3 is 44.2 Å². The number of benzene rings is 2. The van der Waals surface area contributed by atoms with E-state index in [2.05, 4.69) is 30.1 Å². The molecule has 1 fully saturated rings. The Labute approximate surface area is 376 Å². The number of nitrogens with zero attached hydrogens (tertiary/aromatic N) is 2. The molecule has 2 amide bonds. The fourth-order valence-electron chi connectivity index (χ4n) is 10.1. The molecule has 2 aliphatic carbocycles. The highest BCUT2D eigenvalue weighted by atomic mass is 16.7. The molecule has 348 valence electrons. The quantitative estimate of drug-likeness (QED) is 0.0432. The van der Waals surface area contributed by atoms with Crippen LogP contribution in [0.15, 0.2) is 71.9 Å². The fourth-order valence-corrected chi connectivity index (χ4v) is 10.1. The van der Waals surface area contributed by atoms with Crippen LogP contribution in [0.5, 0.6) is 17.2 Å². The zero-order valence-electron chi connectivity index (χ0n) is 38.5. The molecule has 0 bridgehead atoms. The van der Waals surface area contributed by atoms with Crippen LogP contribution in [0.4, 0.5) is 4.79 Å². The van der Waals surface area contributed by atoms with Crippen LogP contribution in [0.25, 0.3) is 0 Å². The Hall–Kier alpha value is -4.39. The lowest BCUT2D eigenvalue weighted by Gasteiger charge is -2.59. The van der Waals surface area contributed by atoms with Crippen LogP contribution in [0.1, 0.15) is 133 Å². The van der Waals surface area contributed by atoms with E-state index in [9.17, 15) is 19.8 Å². The van der Waals surface area contributed by atoms with Crippen LogP contribution in [-0.4, -0.2) is 92.3 Å². The summed E-state index contributed by atoms with van der Waals surface area (Å²) in [6, 6.07) is 12.4. The van der Waals surface area contributed by atoms with Gasteiger partial charge in [0.2, 0.25) is 11.7 Å². The van der Waals surface area contributed by atoms with Crippen molar-refractivity contribution in [1.29, 1.82) is 0 Å². The zero-order valence-corrected chi connectivity index (χ0v) is 38.5. The van der Waals surface area contributed by atoms with Gasteiger partial charge in [0.05, 0.1) is 31.8 Å². The number of ether oxygens (including phenoxy) is 4. The van der Waals surface area contributed by atoms with Crippen molar-refractivity contribution in [2.24, 2.45) is 22.9 Å². The van der Waals surface area contributed by atoms with Crippen molar-refractivity contribution < 1.29 is 43.6 Å². The maximum Gasteiger partial charge on any atom is 0.412 e. The highest BCUT2D eigenvalue weighted by Gasteiger charge is 2.65. The lowest BCUT2D eigenvalue weighted by Crippen LogP contribution is -2.69. The number of hydrogen-bond donors (Lipinski definition) is 3. The standard InChI is InChI=1S/C51H75N3O9/c1-6-8-9-10-11-12-13-14-15-18-28-52-50(58)62-40-26-27-45-43(35-40)48-41(25-17-20-30-56)38(23-16-19-29-55)34-42-44(53-60-5)36-46(51(63-45,49(42)48)61-31-7-2)54(3)47(57)33-37-22-21-24-39(32-37)59-4/h7,21-22,24,26-27,32,34-35,38,41,46,48-49,55-56H,2,6,8-20,23,25,28-31,33,36H2,1,3-5H3,(H,52,58). The smallest absolute Gasteiger partial charge is 0.412 e. The molecule has 12 heteroatoms. The van der Waals surface area contributed by atoms with Gasteiger partial charge in [-0.15, -0.1) is 6.58 Å². The zero-order chi connectivity index (χ0) is 45.0. The van der Waals surface area contributed by atoms with Gasteiger partial charge in [0.15, 0.2) is 0 Å². The van der Waals surface area contributed by atoms with E-state index in [-0.39, 0.29) is 49.9 Å². The first-order chi connectivity index (χ1) is 30.7. The lowest BCUT2D eigenvalue weighted by molar-refractivity contribution is -0.255. The Morgan fingerprint density at radius 1 is 0.921 bits per heavy atom. The van der Waals surface area contributed by atoms with Gasteiger partial charge in [-0.25, -0.2) is 4.79 Å². The van der Waals surface area contributed by atoms with E-state index >= 15 is 0 Å². The van der Waals surface area contributed by atoms with Gasteiger partial charge in [-0.1, -0.05) is 107 Å². The fraction of sp³-hybridized carbons (Fsp3) is 0.627. The van der Waals surface area contributed by atoms with E-state index in [1.165, 1.54) is 52.1 Å². The second-order valence-electron chi connectivity index (χ2n) is 17.5. The summed E-state index contributed by atoms with van der Waals surface area (Å²) in [6.07, 6.45) is 20.7. The second-order valence-corrected chi connectivity index (χ2v) is 17.5. The average Bonchev–Trinajstić information content (AvgIpc) is 3.29. The van der Waals surface area contributed by atoms with Gasteiger partial charge in [0.1, 0.15) is 30.4 Å². The van der Waals surface area contributed by atoms with Gasteiger partial charge in [-0.2, -0.15) is 0 Å². The minimum atomic E-state index is -1.37. The molecule has 63 heavy (non-hydrogen) atoms. The summed E-state index contributed by atoms with van der Waals surface area (Å²) in [7, 11) is 4.93. The molecule has 0 radical (unpaired) electrons. The largest absolute Gasteiger partial charge is 0.497 e. The molecule has 3 aliphatic rings. The van der Waals surface area contributed by atoms with Crippen LogP contribution in [0.3, 0.4) is 0 Å². The molecular formula is C51H75N3O9. The summed E-state index contributed by atoms with van der Waals surface area (Å²) in [6.45, 7) is 7.14. The third-order valence-corrected chi connectivity index (χ3v) is 13.2. The summed E-state index contributed by atoms with van der Waals surface area (Å²) < 4.78 is 25.6. The Morgan fingerprint density at radius 3 is 2.32 bits per heavy atom. The Balaban J connectivity index is 1.49. The average molecular weight is 874 g/mol. The summed E-state index contributed by atoms with van der Waals surface area (Å²) >= 11 is 0. The predicted molar refractivity (Wildman–Crippen MR) is 247 cm³/mol. The van der Waals surface area contributed by atoms with Gasteiger partial charge >= 0.3 is 6.09 Å². The van der Waals surface area contributed by atoms with Crippen molar-refractivity contribution >= 4 is 17.7 Å². The summed E-state index contributed by atoms with van der Waals surface area (Å²) in [5.74, 6) is -0.412. The number of hydrogen-bond acceptors (Lipinski definition) is 10. The molecule has 2 aromatic carbocycles. The van der Waals surface area contributed by atoms with Gasteiger partial charge in [0, 0.05) is 44.7 Å². The number of amides is 2. The molecule has 5 rings (SSSR count). The lowest BCUT2D eigenvalue weighted by atomic mass is 9.55. The third kappa shape index (κ3) is 13.1. The molecule has 1 heterocycles. The predicted octanol–water partition coefficient (Wildman–Crippen LogP) is 9.67. The number of carbonyl (C=O) groups excluding carboxylic acids is 2. The molecule has 12 nitrogen and oxygen atoms in total. The maximum atomic E-state index is 14.4. The SMILES string of the molecule is C=CCOC12Oc3ccc(OC(=O)NCCCCCCCCCCCC)cc3C3C(CCCCO)C(CCCCO)C=C(C(=NOC)CC1N(C)C(=O)Cc1cccc(OC)c1)C32. The Kier molecular flexibility index (Phi) is 20.3. The van der Waals surface area contributed by atoms with E-state index in [0.29, 0.717) is 48.8 Å². The van der Waals surface area contributed by atoms with Crippen molar-refractivity contribution in [3.8, 4) is 17.2 Å². The topological polar surface area (TPSA) is 148 Å². The van der Waals surface area contributed by atoms with Crippen molar-refractivity contribution in [2.45, 2.75) is 140 Å². The Morgan fingerprint density at radius 2 is 1.63 bits per heavy atom. The number of oxime groups is 1. The third-order valence-electron chi connectivity index (χ3n) is 13.2. The molecule has 0 spiro atoms. The molecule has 6 unspecified atom stereocenters. The van der Waals surface area contributed by atoms with Crippen LogP contribution >= 0.6 is 0 Å². The first-order valence-electron chi connectivity index (χ1n) is 23.7. The molecular weight excluding hydrogens is 799 g/mol. The molecule has 6 atom stereocenters. The van der Waals surface area contributed by atoms with E-state index in [0.717, 1.165) is 61.6 Å². The van der Waals surface area contributed by atoms with Crippen LogP contribution in [-0.2, 0) is 20.8 Å². The van der Waals surface area contributed by atoms with Crippen molar-refractivity contribution in [3.05, 3.63) is 77.9 Å². The van der Waals surface area contributed by atoms with E-state index in [1.54, 1.807) is 31.2 Å². The summed E-state index contributed by atoms with van der Waals surface area (Å²) in [5.41, 5.74) is 3.35. The van der Waals surface area contributed by atoms with Crippen LogP contribution < -0.4 is 19.5 Å². The second kappa shape index (κ2) is 25.8. The number of carbonyl (C=O) groups is 2. The molecule has 3 N–H and O–H groups in total. The number of rotatable bonds is 28. The van der Waals surface area contributed by atoms with Crippen molar-refractivity contribution in [3.63, 3.8) is 0 Å². The van der Waals surface area contributed by atoms with Gasteiger partial charge in [-0.3, -0.25) is 4.79 Å². The highest BCUT2D eigenvalue weighted by molar-refractivity contribution is 6.03. The monoisotopic (exact) mass is 874 g/mol. The number of likely N-dealkylation sites (N-methyl/N-ethyl adjacent to an activating group) is 1. The van der Waals surface area contributed by atoms with Gasteiger partial charge in [0.25, 0.3) is 0 Å². The van der Waals surface area contributed by atoms with Crippen LogP contribution in [0, 0.1) is 17.8 Å². The highest BCUT2D eigenvalue weighted by Crippen LogP contribution is 2.61. The number of aliphatic hydroxyl groups excluding tert-OH is 2. The first-order valence-corrected chi connectivity index (χ1v) is 23.7. The molecule has 0 aromatic heterocycles. The summed E-state index contributed by atoms with van der Waals surface area (Å²) in [4.78, 5) is 34.9. The first kappa shape index (κ1) is 49.6. The van der Waals surface area contributed by atoms with Crippen LogP contribution in [0.2, 0.25) is 0 Å². The number of nitrogens with one attached hydrogen (secondary N) is 1. The minimum absolute atomic E-state index is 0.0408. The number of allylic oxidation sites excluding steroid dienone is 1. The van der Waals surface area contributed by atoms with E-state index in [4.69, 9.17) is 23.8 Å². The van der Waals surface area contributed by atoms with Gasteiger partial charge in [-0.05, 0) is 85.4 Å². The van der Waals surface area contributed by atoms with E-state index in [1.807, 2.05) is 36.4 Å². The molecule has 2 aromatic rings. The Bertz CT molecular complexity index is 1820. The van der Waals surface area contributed by atoms with E-state index < -0.39 is 23.8 Å². The number of aliphatic hydroxyl groups is 2. The molecule has 1 aliphatic heterocycles. The maximum absolute atomic E-state index is 14.4. The number of fused-ring (bicyclic) bond motifs is 2. The number of unbranched alkanes of at least 4 members (excludes halogenated alkanes) is 11. The normalized spacial score (nSPS) is 22.9.